The van der Waals surface area contributed by atoms with Crippen LogP contribution in [0.25, 0.3) is 0 Å². The normalized spacial score (nSPS) is 10.8. The minimum absolute atomic E-state index is 0.0977. The fraction of sp³-hybridized carbons (Fsp3) is 0.692. The summed E-state index contributed by atoms with van der Waals surface area (Å²) in [6.45, 7) is 7.28. The molecule has 7 heteroatoms. The second-order valence-electron chi connectivity index (χ2n) is 4.68. The zero-order chi connectivity index (χ0) is 15.8. The largest absolute Gasteiger partial charge is 0.460 e. The van der Waals surface area contributed by atoms with Crippen molar-refractivity contribution in [3.63, 3.8) is 0 Å². The van der Waals surface area contributed by atoms with E-state index in [1.54, 1.807) is 27.7 Å². The van der Waals surface area contributed by atoms with Crippen LogP contribution in [0.1, 0.15) is 40.5 Å². The lowest BCUT2D eigenvalue weighted by Crippen LogP contribution is -2.37. The van der Waals surface area contributed by atoms with Crippen LogP contribution in [0.2, 0.25) is 0 Å². The zero-order valence-corrected chi connectivity index (χ0v) is 13.1. The molecule has 1 N–H and O–H groups in total. The number of amides is 1. The van der Waals surface area contributed by atoms with Gasteiger partial charge in [0.2, 0.25) is 11.7 Å². The molecule has 0 saturated heterocycles. The Morgan fingerprint density at radius 1 is 1.15 bits per heavy atom. The molecule has 0 aliphatic heterocycles. The first-order valence-corrected chi connectivity index (χ1v) is 7.22. The van der Waals surface area contributed by atoms with Crippen molar-refractivity contribution in [1.82, 2.24) is 5.32 Å². The smallest absolute Gasteiger partial charge is 0.375 e. The zero-order valence-electron chi connectivity index (χ0n) is 12.3. The fourth-order valence-electron chi connectivity index (χ4n) is 1.23. The molecular formula is C13H21NO5S. The van der Waals surface area contributed by atoms with E-state index in [1.165, 1.54) is 0 Å². The van der Waals surface area contributed by atoms with Crippen molar-refractivity contribution in [3.8, 4) is 0 Å². The van der Waals surface area contributed by atoms with Gasteiger partial charge in [-0.3, -0.25) is 14.4 Å². The van der Waals surface area contributed by atoms with Gasteiger partial charge in [0.1, 0.15) is 0 Å². The van der Waals surface area contributed by atoms with Crippen molar-refractivity contribution in [1.29, 1.82) is 0 Å². The van der Waals surface area contributed by atoms with E-state index in [1.807, 2.05) is 0 Å². The van der Waals surface area contributed by atoms with Gasteiger partial charge in [-0.25, -0.2) is 4.79 Å². The van der Waals surface area contributed by atoms with E-state index in [2.05, 4.69) is 10.1 Å². The predicted octanol–water partition coefficient (Wildman–Crippen LogP) is 1.07. The third-order valence-electron chi connectivity index (χ3n) is 2.23. The molecule has 114 valence electrons. The first-order valence-electron chi connectivity index (χ1n) is 6.40. The highest BCUT2D eigenvalue weighted by Crippen LogP contribution is 2.25. The van der Waals surface area contributed by atoms with Crippen LogP contribution < -0.4 is 5.32 Å². The van der Waals surface area contributed by atoms with E-state index < -0.39 is 28.0 Å². The first kappa shape index (κ1) is 18.6. The average Bonchev–Trinajstić information content (AvgIpc) is 2.35. The van der Waals surface area contributed by atoms with E-state index >= 15 is 0 Å². The monoisotopic (exact) mass is 303 g/mol. The molecule has 0 aliphatic rings. The minimum Gasteiger partial charge on any atom is -0.460 e. The number of ether oxygens (including phenoxy) is 1. The number of Topliss-reactive ketones (excluding diaryl/α,β-unsaturated/α-hetero) is 1. The van der Waals surface area contributed by atoms with Gasteiger partial charge in [-0.2, -0.15) is 0 Å². The molecule has 0 unspecified atom stereocenters. The maximum absolute atomic E-state index is 11.7. The topological polar surface area (TPSA) is 89.5 Å². The van der Waals surface area contributed by atoms with Crippen LogP contribution in [0, 0.1) is 0 Å². The van der Waals surface area contributed by atoms with Crippen LogP contribution in [-0.2, 0) is 23.9 Å². The minimum atomic E-state index is -0.987. The van der Waals surface area contributed by atoms with Crippen LogP contribution in [0.5, 0.6) is 0 Å². The molecule has 0 aliphatic carbocycles. The Bertz CT molecular complexity index is 392. The van der Waals surface area contributed by atoms with Crippen LogP contribution in [0.3, 0.4) is 0 Å². The number of thioether (sulfide) groups is 1. The van der Waals surface area contributed by atoms with Crippen molar-refractivity contribution in [2.24, 2.45) is 0 Å². The third-order valence-corrected chi connectivity index (χ3v) is 3.30. The molecule has 0 bridgehead atoms. The summed E-state index contributed by atoms with van der Waals surface area (Å²) < 4.78 is 3.98. The second-order valence-corrected chi connectivity index (χ2v) is 6.45. The van der Waals surface area contributed by atoms with Crippen molar-refractivity contribution in [2.75, 3.05) is 13.2 Å². The number of carbonyl (C=O) groups is 4. The van der Waals surface area contributed by atoms with Crippen LogP contribution in [0.15, 0.2) is 0 Å². The summed E-state index contributed by atoms with van der Waals surface area (Å²) in [4.78, 5) is 45.3. The lowest BCUT2D eigenvalue weighted by molar-refractivity contribution is -0.154. The van der Waals surface area contributed by atoms with Gasteiger partial charge in [0.25, 0.3) is 0 Å². The summed E-state index contributed by atoms with van der Waals surface area (Å²) in [6.07, 6.45) is -0.120. The molecule has 0 radical (unpaired) electrons. The third kappa shape index (κ3) is 7.93. The van der Waals surface area contributed by atoms with E-state index in [0.717, 1.165) is 11.8 Å². The molecule has 0 aromatic carbocycles. The van der Waals surface area contributed by atoms with Gasteiger partial charge in [-0.1, -0.05) is 18.7 Å². The molecule has 0 fully saturated rings. The Morgan fingerprint density at radius 2 is 1.75 bits per heavy atom. The number of rotatable bonds is 8. The van der Waals surface area contributed by atoms with Crippen molar-refractivity contribution in [2.45, 2.75) is 45.3 Å². The van der Waals surface area contributed by atoms with Gasteiger partial charge in [-0.05, 0) is 20.8 Å². The Balaban J connectivity index is 4.27. The quantitative estimate of drug-likeness (QED) is 0.410. The van der Waals surface area contributed by atoms with Gasteiger partial charge in [0.05, 0.1) is 13.0 Å². The van der Waals surface area contributed by atoms with E-state index in [-0.39, 0.29) is 12.5 Å². The lowest BCUT2D eigenvalue weighted by atomic mass is 10.2. The van der Waals surface area contributed by atoms with E-state index in [9.17, 15) is 19.2 Å². The number of nitrogens with one attached hydrogen (secondary N) is 1. The number of ketones is 1. The van der Waals surface area contributed by atoms with Gasteiger partial charge >= 0.3 is 5.97 Å². The lowest BCUT2D eigenvalue weighted by Gasteiger charge is -2.23. The molecule has 0 rings (SSSR count). The van der Waals surface area contributed by atoms with Crippen molar-refractivity contribution in [3.05, 3.63) is 0 Å². The highest BCUT2D eigenvalue weighted by molar-refractivity contribution is 8.14. The van der Waals surface area contributed by atoms with Crippen molar-refractivity contribution >= 4 is 34.5 Å². The average molecular weight is 303 g/mol. The number of esters is 1. The number of carbonyl (C=O) groups excluding carboxylic acids is 4. The maximum atomic E-state index is 11.7. The Kier molecular flexibility index (Phi) is 8.13. The van der Waals surface area contributed by atoms with E-state index in [4.69, 9.17) is 0 Å². The van der Waals surface area contributed by atoms with Crippen LogP contribution in [0.4, 0.5) is 0 Å². The maximum Gasteiger partial charge on any atom is 0.375 e. The molecule has 20 heavy (non-hydrogen) atoms. The van der Waals surface area contributed by atoms with Crippen LogP contribution in [-0.4, -0.2) is 40.7 Å². The highest BCUT2D eigenvalue weighted by Gasteiger charge is 2.26. The summed E-state index contributed by atoms with van der Waals surface area (Å²) in [6, 6.07) is 0. The van der Waals surface area contributed by atoms with Gasteiger partial charge in [-0.15, -0.1) is 0 Å². The summed E-state index contributed by atoms with van der Waals surface area (Å²) in [5, 5.41) is 2.27. The van der Waals surface area contributed by atoms with Crippen molar-refractivity contribution < 1.29 is 23.9 Å². The molecule has 0 aromatic heterocycles. The molecular weight excluding hydrogens is 282 g/mol. The summed E-state index contributed by atoms with van der Waals surface area (Å²) in [5.74, 6) is -1.94. The molecule has 0 saturated carbocycles. The van der Waals surface area contributed by atoms with Gasteiger partial charge in [0.15, 0.2) is 5.12 Å². The van der Waals surface area contributed by atoms with Gasteiger partial charge in [0, 0.05) is 17.7 Å². The first-order chi connectivity index (χ1) is 9.21. The molecule has 0 aromatic rings. The Hall–Kier alpha value is -1.37. The molecule has 0 spiro atoms. The molecule has 1 amide bonds. The van der Waals surface area contributed by atoms with E-state index in [0.29, 0.717) is 13.0 Å². The fourth-order valence-corrected chi connectivity index (χ4v) is 2.20. The Labute approximate surface area is 123 Å². The summed E-state index contributed by atoms with van der Waals surface area (Å²) in [7, 11) is 0. The Morgan fingerprint density at radius 3 is 2.25 bits per heavy atom. The summed E-state index contributed by atoms with van der Waals surface area (Å²) >= 11 is 0.936. The SMILES string of the molecule is CCOC(=O)C(=O)CC(=O)SC(C)(C)CNC(=O)CC. The second kappa shape index (κ2) is 8.73. The number of hydrogen-bond acceptors (Lipinski definition) is 6. The van der Waals surface area contributed by atoms with Gasteiger partial charge < -0.3 is 10.1 Å². The predicted molar refractivity (Wildman–Crippen MR) is 76.2 cm³/mol. The highest BCUT2D eigenvalue weighted by atomic mass is 32.2. The molecule has 0 atom stereocenters. The van der Waals surface area contributed by atoms with Crippen LogP contribution >= 0.6 is 11.8 Å². The summed E-state index contributed by atoms with van der Waals surface area (Å²) in [5.41, 5.74) is 0. The molecule has 0 heterocycles. The standard InChI is InChI=1S/C13H21NO5S/c1-5-10(16)14-8-13(3,4)20-11(17)7-9(15)12(18)19-6-2/h5-8H2,1-4H3,(H,14,16). The molecule has 6 nitrogen and oxygen atoms in total. The number of hydrogen-bond donors (Lipinski definition) is 1.